The molecule has 2 atom stereocenters. The molecule has 0 aliphatic carbocycles. The number of carbonyl (C=O) groups is 5. The summed E-state index contributed by atoms with van der Waals surface area (Å²) >= 11 is 2.60. The third-order valence-electron chi connectivity index (χ3n) is 7.30. The summed E-state index contributed by atoms with van der Waals surface area (Å²) in [6.07, 6.45) is 0.535. The van der Waals surface area contributed by atoms with E-state index in [0.29, 0.717) is 9.75 Å². The van der Waals surface area contributed by atoms with Gasteiger partial charge in [-0.05, 0) is 65.6 Å². The largest absolute Gasteiger partial charge is 0.508 e. The van der Waals surface area contributed by atoms with E-state index < -0.39 is 48.2 Å². The van der Waals surface area contributed by atoms with E-state index in [1.165, 1.54) is 34.8 Å². The Morgan fingerprint density at radius 2 is 1.21 bits per heavy atom. The lowest BCUT2D eigenvalue weighted by Gasteiger charge is -2.20. The van der Waals surface area contributed by atoms with Crippen LogP contribution in [0.15, 0.2) is 84.9 Å². The number of thiophene rings is 2. The number of carboxylic acid groups (broad SMARTS) is 1. The lowest BCUT2D eigenvalue weighted by Crippen LogP contribution is -2.49. The standard InChI is InChI=1S/C34H32N4O7S2/c39-23-13-11-20(12-14-23)16-25(38-34(45)29-18-22-7-2-4-10-27(22)47-29)32(43)35-15-5-8-24(31(42)36-19-30(40)41)37-33(44)28-17-21-6-1-3-9-26(21)46-28/h1-4,6-7,9-14,17-18,24-25,39H,5,8,15-16,19H2,(H,35,43)(H,36,42)(H,37,44)(H,38,45)(H,40,41). The number of carbonyl (C=O) groups excluding carboxylic acids is 4. The summed E-state index contributed by atoms with van der Waals surface area (Å²) < 4.78 is 1.85. The molecule has 2 heterocycles. The Morgan fingerprint density at radius 1 is 0.681 bits per heavy atom. The van der Waals surface area contributed by atoms with E-state index in [1.54, 1.807) is 24.3 Å². The van der Waals surface area contributed by atoms with Crippen LogP contribution in [0, 0.1) is 0 Å². The van der Waals surface area contributed by atoms with E-state index in [0.717, 1.165) is 25.7 Å². The molecule has 0 saturated heterocycles. The smallest absolute Gasteiger partial charge is 0.322 e. The zero-order valence-electron chi connectivity index (χ0n) is 25.0. The van der Waals surface area contributed by atoms with Crippen LogP contribution in [-0.2, 0) is 20.8 Å². The predicted octanol–water partition coefficient (Wildman–Crippen LogP) is 4.06. The van der Waals surface area contributed by atoms with E-state index in [1.807, 2.05) is 48.5 Å². The molecule has 242 valence electrons. The van der Waals surface area contributed by atoms with Crippen molar-refractivity contribution in [3.8, 4) is 5.75 Å². The summed E-state index contributed by atoms with van der Waals surface area (Å²) in [6.45, 7) is -0.492. The third-order valence-corrected chi connectivity index (χ3v) is 9.53. The minimum absolute atomic E-state index is 0.0745. The van der Waals surface area contributed by atoms with Gasteiger partial charge in [0.25, 0.3) is 11.8 Å². The van der Waals surface area contributed by atoms with Gasteiger partial charge in [0.2, 0.25) is 11.8 Å². The molecule has 0 aliphatic heterocycles. The van der Waals surface area contributed by atoms with Crippen molar-refractivity contribution >= 4 is 72.4 Å². The molecule has 0 radical (unpaired) electrons. The average molecular weight is 673 g/mol. The molecule has 0 bridgehead atoms. The number of nitrogens with one attached hydrogen (secondary N) is 4. The van der Waals surface area contributed by atoms with E-state index >= 15 is 0 Å². The molecular formula is C34H32N4O7S2. The van der Waals surface area contributed by atoms with Crippen LogP contribution in [0.3, 0.4) is 0 Å². The third kappa shape index (κ3) is 8.93. The Kier molecular flexibility index (Phi) is 10.8. The van der Waals surface area contributed by atoms with Crippen molar-refractivity contribution < 1.29 is 34.2 Å². The average Bonchev–Trinajstić information content (AvgIpc) is 3.70. The van der Waals surface area contributed by atoms with Gasteiger partial charge in [0.15, 0.2) is 0 Å². The molecule has 5 rings (SSSR count). The van der Waals surface area contributed by atoms with Gasteiger partial charge in [-0.25, -0.2) is 0 Å². The minimum Gasteiger partial charge on any atom is -0.508 e. The van der Waals surface area contributed by atoms with Crippen molar-refractivity contribution in [1.29, 1.82) is 0 Å². The Morgan fingerprint density at radius 3 is 1.77 bits per heavy atom. The normalized spacial score (nSPS) is 12.3. The molecule has 0 spiro atoms. The molecule has 11 nitrogen and oxygen atoms in total. The van der Waals surface area contributed by atoms with Gasteiger partial charge in [-0.3, -0.25) is 24.0 Å². The molecular weight excluding hydrogens is 641 g/mol. The summed E-state index contributed by atoms with van der Waals surface area (Å²) in [5, 5.41) is 31.1. The van der Waals surface area contributed by atoms with E-state index in [9.17, 15) is 29.1 Å². The summed E-state index contributed by atoms with van der Waals surface area (Å²) in [7, 11) is 0. The zero-order valence-corrected chi connectivity index (χ0v) is 26.7. The Hall–Kier alpha value is -5.27. The molecule has 3 aromatic carbocycles. The van der Waals surface area contributed by atoms with Crippen LogP contribution in [0.2, 0.25) is 0 Å². The van der Waals surface area contributed by atoms with Crippen molar-refractivity contribution in [2.24, 2.45) is 0 Å². The maximum absolute atomic E-state index is 13.4. The van der Waals surface area contributed by atoms with Crippen molar-refractivity contribution in [2.45, 2.75) is 31.3 Å². The topological polar surface area (TPSA) is 174 Å². The highest BCUT2D eigenvalue weighted by Crippen LogP contribution is 2.26. The van der Waals surface area contributed by atoms with Crippen molar-refractivity contribution in [2.75, 3.05) is 13.1 Å². The van der Waals surface area contributed by atoms with Crippen molar-refractivity contribution in [3.05, 3.63) is 100 Å². The SMILES string of the molecule is O=C(O)CNC(=O)C(CCCNC(=O)C(Cc1ccc(O)cc1)NC(=O)c1cc2ccccc2s1)NC(=O)c1cc2ccccc2s1. The van der Waals surface area contributed by atoms with Crippen LogP contribution in [0.4, 0.5) is 0 Å². The first-order chi connectivity index (χ1) is 22.7. The molecule has 47 heavy (non-hydrogen) atoms. The second-order valence-corrected chi connectivity index (χ2v) is 12.9. The van der Waals surface area contributed by atoms with Gasteiger partial charge in [-0.1, -0.05) is 48.5 Å². The quantitative estimate of drug-likeness (QED) is 0.0965. The minimum atomic E-state index is -1.22. The second kappa shape index (κ2) is 15.3. The number of carboxylic acids is 1. The number of hydrogen-bond acceptors (Lipinski definition) is 8. The number of phenolic OH excluding ortho intramolecular Hbond substituents is 1. The van der Waals surface area contributed by atoms with Crippen LogP contribution in [0.1, 0.15) is 37.7 Å². The molecule has 0 saturated carbocycles. The number of phenols is 1. The number of rotatable bonds is 14. The second-order valence-electron chi connectivity index (χ2n) is 10.8. The summed E-state index contributed by atoms with van der Waals surface area (Å²) in [5.41, 5.74) is 0.721. The Bertz CT molecular complexity index is 1850. The first-order valence-electron chi connectivity index (χ1n) is 14.8. The van der Waals surface area contributed by atoms with Gasteiger partial charge in [0.1, 0.15) is 24.4 Å². The maximum atomic E-state index is 13.4. The van der Waals surface area contributed by atoms with E-state index in [4.69, 9.17) is 5.11 Å². The molecule has 4 amide bonds. The molecule has 2 unspecified atom stereocenters. The van der Waals surface area contributed by atoms with E-state index in [-0.39, 0.29) is 31.6 Å². The summed E-state index contributed by atoms with van der Waals surface area (Å²) in [4.78, 5) is 64.4. The fourth-order valence-electron chi connectivity index (χ4n) is 4.92. The molecule has 5 aromatic rings. The van der Waals surface area contributed by atoms with E-state index in [2.05, 4.69) is 21.3 Å². The van der Waals surface area contributed by atoms with Gasteiger partial charge in [0.05, 0.1) is 9.75 Å². The van der Waals surface area contributed by atoms with Gasteiger partial charge >= 0.3 is 5.97 Å². The van der Waals surface area contributed by atoms with Crippen LogP contribution in [0.25, 0.3) is 20.2 Å². The number of hydrogen-bond donors (Lipinski definition) is 6. The first-order valence-corrected chi connectivity index (χ1v) is 16.4. The van der Waals surface area contributed by atoms with Gasteiger partial charge in [0, 0.05) is 22.4 Å². The molecule has 13 heteroatoms. The van der Waals surface area contributed by atoms with Crippen LogP contribution in [-0.4, -0.2) is 65.0 Å². The fraction of sp³-hybridized carbons (Fsp3) is 0.206. The van der Waals surface area contributed by atoms with Gasteiger partial charge < -0.3 is 31.5 Å². The predicted molar refractivity (Wildman–Crippen MR) is 181 cm³/mol. The molecule has 0 aliphatic rings. The molecule has 6 N–H and O–H groups in total. The number of aromatic hydroxyl groups is 1. The number of aliphatic carboxylic acids is 1. The number of fused-ring (bicyclic) bond motifs is 2. The lowest BCUT2D eigenvalue weighted by molar-refractivity contribution is -0.138. The lowest BCUT2D eigenvalue weighted by atomic mass is 10.0. The fourth-order valence-corrected chi connectivity index (χ4v) is 6.85. The van der Waals surface area contributed by atoms with Gasteiger partial charge in [-0.2, -0.15) is 0 Å². The molecule has 0 fully saturated rings. The highest BCUT2D eigenvalue weighted by atomic mass is 32.1. The van der Waals surface area contributed by atoms with Gasteiger partial charge in [-0.15, -0.1) is 22.7 Å². The highest BCUT2D eigenvalue weighted by Gasteiger charge is 2.25. The summed E-state index contributed by atoms with van der Waals surface area (Å²) in [6, 6.07) is 22.9. The number of amides is 4. The maximum Gasteiger partial charge on any atom is 0.322 e. The monoisotopic (exact) mass is 672 g/mol. The zero-order chi connectivity index (χ0) is 33.3. The van der Waals surface area contributed by atoms with Crippen LogP contribution < -0.4 is 21.3 Å². The Balaban J connectivity index is 1.22. The first kappa shape index (κ1) is 33.1. The Labute approximate surface area is 277 Å². The van der Waals surface area contributed by atoms with Crippen LogP contribution >= 0.6 is 22.7 Å². The molecule has 2 aromatic heterocycles. The highest BCUT2D eigenvalue weighted by molar-refractivity contribution is 7.21. The van der Waals surface area contributed by atoms with Crippen molar-refractivity contribution in [1.82, 2.24) is 21.3 Å². The number of benzene rings is 3. The summed E-state index contributed by atoms with van der Waals surface area (Å²) in [5.74, 6) is -3.13. The van der Waals surface area contributed by atoms with Crippen molar-refractivity contribution in [3.63, 3.8) is 0 Å². The van der Waals surface area contributed by atoms with Crippen LogP contribution in [0.5, 0.6) is 5.75 Å².